The van der Waals surface area contributed by atoms with Gasteiger partial charge in [-0.25, -0.2) is 9.79 Å². The highest BCUT2D eigenvalue weighted by molar-refractivity contribution is 6.07. The molecule has 0 aromatic heterocycles. The van der Waals surface area contributed by atoms with E-state index in [1.807, 2.05) is 0 Å². The Morgan fingerprint density at radius 1 is 1.08 bits per heavy atom. The summed E-state index contributed by atoms with van der Waals surface area (Å²) in [6.45, 7) is 0.738. The van der Waals surface area contributed by atoms with Crippen LogP contribution in [0.3, 0.4) is 0 Å². The first-order chi connectivity index (χ1) is 18.2. The second kappa shape index (κ2) is 11.0. The number of aliphatic imine (C=N–C) groups is 1. The van der Waals surface area contributed by atoms with Crippen LogP contribution in [0.25, 0.3) is 0 Å². The number of hydrogen-bond donors (Lipinski definition) is 2. The number of carbonyl (C=O) groups excluding carboxylic acids is 4. The molecule has 4 rings (SSSR count). The molecule has 38 heavy (non-hydrogen) atoms. The molecule has 0 aliphatic carbocycles. The number of rotatable bonds is 7. The van der Waals surface area contributed by atoms with Crippen molar-refractivity contribution in [1.82, 2.24) is 9.80 Å². The Morgan fingerprint density at radius 3 is 2.32 bits per heavy atom. The third-order valence-corrected chi connectivity index (χ3v) is 7.05. The van der Waals surface area contributed by atoms with Gasteiger partial charge in [0, 0.05) is 44.4 Å². The third-order valence-electron chi connectivity index (χ3n) is 7.05. The van der Waals surface area contributed by atoms with Gasteiger partial charge in [-0.05, 0) is 54.8 Å². The molecule has 0 saturated carbocycles. The number of likely N-dealkylation sites (N-methyl/N-ethyl adjacent to an activating group) is 1. The number of ether oxygens (including phenoxy) is 2. The molecule has 1 atom stereocenters. The first-order valence-electron chi connectivity index (χ1n) is 12.2. The Kier molecular flexibility index (Phi) is 7.77. The van der Waals surface area contributed by atoms with E-state index in [0.29, 0.717) is 48.3 Å². The molecule has 2 aromatic carbocycles. The number of anilines is 1. The number of esters is 1. The summed E-state index contributed by atoms with van der Waals surface area (Å²) in [4.78, 5) is 58.3. The van der Waals surface area contributed by atoms with Gasteiger partial charge in [0.1, 0.15) is 6.61 Å². The van der Waals surface area contributed by atoms with Crippen LogP contribution in [0.4, 0.5) is 5.69 Å². The molecule has 2 aliphatic rings. The minimum atomic E-state index is -1.27. The van der Waals surface area contributed by atoms with Gasteiger partial charge >= 0.3 is 5.97 Å². The first kappa shape index (κ1) is 26.8. The summed E-state index contributed by atoms with van der Waals surface area (Å²) in [6.07, 6.45) is 1.03. The topological polar surface area (TPSA) is 144 Å². The van der Waals surface area contributed by atoms with E-state index in [1.54, 1.807) is 60.5 Å². The maximum Gasteiger partial charge on any atom is 0.337 e. The maximum atomic E-state index is 13.6. The van der Waals surface area contributed by atoms with Gasteiger partial charge in [0.15, 0.2) is 11.5 Å². The van der Waals surface area contributed by atoms with E-state index in [0.717, 1.165) is 0 Å². The van der Waals surface area contributed by atoms with E-state index in [-0.39, 0.29) is 36.2 Å². The van der Waals surface area contributed by atoms with Crippen molar-refractivity contribution in [2.45, 2.75) is 18.4 Å². The number of carbonyl (C=O) groups is 4. The number of hydrogen-bond acceptors (Lipinski definition) is 8. The van der Waals surface area contributed by atoms with Crippen LogP contribution in [0.2, 0.25) is 0 Å². The average Bonchev–Trinajstić information content (AvgIpc) is 3.17. The summed E-state index contributed by atoms with van der Waals surface area (Å²) in [5.41, 5.74) is 6.81. The van der Waals surface area contributed by atoms with E-state index in [9.17, 15) is 19.2 Å². The molecule has 2 heterocycles. The predicted octanol–water partition coefficient (Wildman–Crippen LogP) is 1.59. The Hall–Kier alpha value is -4.25. The van der Waals surface area contributed by atoms with Crippen LogP contribution in [-0.4, -0.2) is 80.4 Å². The highest BCUT2D eigenvalue weighted by Gasteiger charge is 2.54. The molecule has 1 saturated heterocycles. The van der Waals surface area contributed by atoms with Crippen LogP contribution in [0.15, 0.2) is 53.5 Å². The fourth-order valence-electron chi connectivity index (χ4n) is 5.06. The lowest BCUT2D eigenvalue weighted by Crippen LogP contribution is -2.49. The van der Waals surface area contributed by atoms with Gasteiger partial charge in [0.05, 0.1) is 12.7 Å². The molecular formula is C27H31N5O6. The van der Waals surface area contributed by atoms with Crippen LogP contribution in [0.1, 0.15) is 39.1 Å². The van der Waals surface area contributed by atoms with Gasteiger partial charge in [0.25, 0.3) is 11.8 Å². The fraction of sp³-hybridized carbons (Fsp3) is 0.370. The standard InChI is InChI=1S/C27H31N5O6/c1-31-25(36)27(30-26(31)28,20-5-4-6-21(15-20)29-22(33)16-37-2)19-11-13-32(14-12-19)23(34)17-7-9-18(10-8-17)24(35)38-3/h4-10,15,19H,11-14,16H2,1-3H3,(H2,28,30)(H,29,33). The van der Waals surface area contributed by atoms with Crippen molar-refractivity contribution >= 4 is 35.3 Å². The van der Waals surface area contributed by atoms with Crippen molar-refractivity contribution in [3.8, 4) is 0 Å². The first-order valence-corrected chi connectivity index (χ1v) is 12.2. The molecule has 11 heteroatoms. The average molecular weight is 522 g/mol. The van der Waals surface area contributed by atoms with Crippen molar-refractivity contribution in [3.05, 3.63) is 65.2 Å². The molecule has 0 spiro atoms. The van der Waals surface area contributed by atoms with Crippen molar-refractivity contribution in [2.24, 2.45) is 16.6 Å². The van der Waals surface area contributed by atoms with Gasteiger partial charge in [-0.1, -0.05) is 12.1 Å². The molecule has 200 valence electrons. The van der Waals surface area contributed by atoms with Crippen molar-refractivity contribution < 1.29 is 28.7 Å². The zero-order valence-corrected chi connectivity index (χ0v) is 21.6. The largest absolute Gasteiger partial charge is 0.465 e. The van der Waals surface area contributed by atoms with Crippen molar-refractivity contribution in [3.63, 3.8) is 0 Å². The van der Waals surface area contributed by atoms with Crippen LogP contribution in [-0.2, 0) is 24.6 Å². The highest BCUT2D eigenvalue weighted by Crippen LogP contribution is 2.44. The number of guanidine groups is 1. The Balaban J connectivity index is 1.56. The number of amides is 3. The lowest BCUT2D eigenvalue weighted by Gasteiger charge is -2.40. The van der Waals surface area contributed by atoms with Crippen LogP contribution in [0.5, 0.6) is 0 Å². The number of likely N-dealkylation sites (tertiary alicyclic amines) is 1. The number of nitrogens with two attached hydrogens (primary N) is 1. The molecule has 0 radical (unpaired) electrons. The van der Waals surface area contributed by atoms with Crippen LogP contribution >= 0.6 is 0 Å². The number of nitrogens with one attached hydrogen (secondary N) is 1. The van der Waals surface area contributed by atoms with Gasteiger partial charge in [0.2, 0.25) is 5.91 Å². The molecule has 1 unspecified atom stereocenters. The lowest BCUT2D eigenvalue weighted by atomic mass is 9.73. The quantitative estimate of drug-likeness (QED) is 0.527. The number of piperidine rings is 1. The Bertz CT molecular complexity index is 1270. The molecule has 1 fully saturated rings. The normalized spacial score (nSPS) is 19.8. The highest BCUT2D eigenvalue weighted by atomic mass is 16.5. The van der Waals surface area contributed by atoms with E-state index >= 15 is 0 Å². The maximum absolute atomic E-state index is 13.6. The van der Waals surface area contributed by atoms with Gasteiger partial charge < -0.3 is 25.4 Å². The van der Waals surface area contributed by atoms with Crippen molar-refractivity contribution in [2.75, 3.05) is 46.3 Å². The smallest absolute Gasteiger partial charge is 0.337 e. The van der Waals surface area contributed by atoms with E-state index in [2.05, 4.69) is 10.3 Å². The molecule has 2 aliphatic heterocycles. The lowest BCUT2D eigenvalue weighted by molar-refractivity contribution is -0.133. The zero-order valence-electron chi connectivity index (χ0n) is 21.6. The van der Waals surface area contributed by atoms with E-state index in [1.165, 1.54) is 19.1 Å². The Labute approximate surface area is 220 Å². The monoisotopic (exact) mass is 521 g/mol. The molecule has 3 N–H and O–H groups in total. The zero-order chi connectivity index (χ0) is 27.4. The molecule has 3 amide bonds. The SMILES string of the molecule is COCC(=O)Nc1cccc(C2(C3CCN(C(=O)c4ccc(C(=O)OC)cc4)CC3)N=C(N)N(C)C2=O)c1. The minimum Gasteiger partial charge on any atom is -0.465 e. The molecule has 2 aromatic rings. The second-order valence-electron chi connectivity index (χ2n) is 9.30. The van der Waals surface area contributed by atoms with Gasteiger partial charge in [-0.3, -0.25) is 19.3 Å². The Morgan fingerprint density at radius 2 is 1.74 bits per heavy atom. The summed E-state index contributed by atoms with van der Waals surface area (Å²) in [5.74, 6) is -1.30. The number of benzene rings is 2. The van der Waals surface area contributed by atoms with E-state index in [4.69, 9.17) is 15.2 Å². The van der Waals surface area contributed by atoms with E-state index < -0.39 is 11.5 Å². The number of methoxy groups -OCH3 is 2. The minimum absolute atomic E-state index is 0.0972. The van der Waals surface area contributed by atoms with Crippen LogP contribution in [0, 0.1) is 5.92 Å². The number of nitrogens with zero attached hydrogens (tertiary/aromatic N) is 3. The van der Waals surface area contributed by atoms with Gasteiger partial charge in [-0.15, -0.1) is 0 Å². The summed E-state index contributed by atoms with van der Waals surface area (Å²) >= 11 is 0. The van der Waals surface area contributed by atoms with Crippen LogP contribution < -0.4 is 11.1 Å². The van der Waals surface area contributed by atoms with Crippen molar-refractivity contribution in [1.29, 1.82) is 0 Å². The predicted molar refractivity (Wildman–Crippen MR) is 139 cm³/mol. The summed E-state index contributed by atoms with van der Waals surface area (Å²) in [6, 6.07) is 13.4. The second-order valence-corrected chi connectivity index (χ2v) is 9.30. The molecular weight excluding hydrogens is 490 g/mol. The molecule has 0 bridgehead atoms. The summed E-state index contributed by atoms with van der Waals surface area (Å²) < 4.78 is 9.59. The fourth-order valence-corrected chi connectivity index (χ4v) is 5.06. The summed E-state index contributed by atoms with van der Waals surface area (Å²) in [5, 5.41) is 2.77. The summed E-state index contributed by atoms with van der Waals surface area (Å²) in [7, 11) is 4.32. The third kappa shape index (κ3) is 4.97. The molecule has 11 nitrogen and oxygen atoms in total. The van der Waals surface area contributed by atoms with Gasteiger partial charge in [-0.2, -0.15) is 0 Å².